The van der Waals surface area contributed by atoms with E-state index in [4.69, 9.17) is 10.2 Å². The SMILES string of the molecule is CC1CCC(=O)C=C1CCCCCCCCCCCO.CC1CCC(=O)C=C1CCCCCCCCCCCO. The zero-order valence-electron chi connectivity index (χ0n) is 26.4. The van der Waals surface area contributed by atoms with Crippen LogP contribution in [0.3, 0.4) is 0 Å². The Morgan fingerprint density at radius 3 is 1.07 bits per heavy atom. The predicted octanol–water partition coefficient (Wildman–Crippen LogP) is 9.61. The molecule has 2 aliphatic rings. The summed E-state index contributed by atoms with van der Waals surface area (Å²) >= 11 is 0. The normalized spacial score (nSPS) is 19.2. The summed E-state index contributed by atoms with van der Waals surface area (Å²) in [5.41, 5.74) is 2.79. The first kappa shape index (κ1) is 36.8. The predicted molar refractivity (Wildman–Crippen MR) is 169 cm³/mol. The summed E-state index contributed by atoms with van der Waals surface area (Å²) in [5, 5.41) is 17.4. The van der Waals surface area contributed by atoms with Crippen molar-refractivity contribution < 1.29 is 19.8 Å². The average Bonchev–Trinajstić information content (AvgIpc) is 2.94. The number of unbranched alkanes of at least 4 members (excludes halogenated alkanes) is 16. The molecule has 0 aromatic heterocycles. The molecule has 0 radical (unpaired) electrons. The fraction of sp³-hybridized carbons (Fsp3) is 0.833. The highest BCUT2D eigenvalue weighted by atomic mass is 16.3. The Morgan fingerprint density at radius 2 is 0.775 bits per heavy atom. The number of ketones is 2. The molecule has 2 atom stereocenters. The summed E-state index contributed by atoms with van der Waals surface area (Å²) in [7, 11) is 0. The van der Waals surface area contributed by atoms with Gasteiger partial charge >= 0.3 is 0 Å². The van der Waals surface area contributed by atoms with E-state index in [0.29, 0.717) is 36.6 Å². The molecule has 0 aromatic rings. The molecule has 2 N–H and O–H groups in total. The third-order valence-corrected chi connectivity index (χ3v) is 8.85. The zero-order valence-corrected chi connectivity index (χ0v) is 26.4. The molecule has 2 rings (SSSR count). The molecule has 0 aromatic carbocycles. The Kier molecular flexibility index (Phi) is 23.4. The van der Waals surface area contributed by atoms with Crippen molar-refractivity contribution >= 4 is 11.6 Å². The van der Waals surface area contributed by atoms with Crippen LogP contribution >= 0.6 is 0 Å². The van der Waals surface area contributed by atoms with E-state index in [1.165, 1.54) is 114 Å². The van der Waals surface area contributed by atoms with Crippen LogP contribution in [0.5, 0.6) is 0 Å². The second-order valence-electron chi connectivity index (χ2n) is 12.6. The van der Waals surface area contributed by atoms with Crippen LogP contribution < -0.4 is 0 Å². The van der Waals surface area contributed by atoms with Gasteiger partial charge in [-0.15, -0.1) is 0 Å². The molecule has 0 bridgehead atoms. The molecular weight excluding hydrogens is 496 g/mol. The highest BCUT2D eigenvalue weighted by Gasteiger charge is 2.17. The summed E-state index contributed by atoms with van der Waals surface area (Å²) < 4.78 is 0. The first-order valence-corrected chi connectivity index (χ1v) is 17.2. The minimum Gasteiger partial charge on any atom is -0.396 e. The fourth-order valence-corrected chi connectivity index (χ4v) is 5.92. The van der Waals surface area contributed by atoms with Crippen LogP contribution in [0.4, 0.5) is 0 Å². The second kappa shape index (κ2) is 25.5. The number of allylic oxidation sites excluding steroid dienone is 4. The third-order valence-electron chi connectivity index (χ3n) is 8.85. The largest absolute Gasteiger partial charge is 0.396 e. The number of aliphatic hydroxyl groups is 2. The molecule has 2 unspecified atom stereocenters. The van der Waals surface area contributed by atoms with Crippen molar-refractivity contribution in [3.8, 4) is 0 Å². The van der Waals surface area contributed by atoms with Gasteiger partial charge in [0, 0.05) is 26.1 Å². The minimum atomic E-state index is 0.334. The molecule has 0 heterocycles. The maximum absolute atomic E-state index is 11.4. The molecule has 40 heavy (non-hydrogen) atoms. The molecule has 0 fully saturated rings. The van der Waals surface area contributed by atoms with Crippen molar-refractivity contribution in [2.75, 3.05) is 13.2 Å². The van der Waals surface area contributed by atoms with Gasteiger partial charge in [-0.1, -0.05) is 115 Å². The molecule has 4 heteroatoms. The van der Waals surface area contributed by atoms with Gasteiger partial charge in [-0.2, -0.15) is 0 Å². The van der Waals surface area contributed by atoms with E-state index in [1.54, 1.807) is 0 Å². The molecule has 2 aliphatic carbocycles. The topological polar surface area (TPSA) is 74.6 Å². The van der Waals surface area contributed by atoms with Gasteiger partial charge < -0.3 is 10.2 Å². The van der Waals surface area contributed by atoms with Crippen molar-refractivity contribution in [1.29, 1.82) is 0 Å². The summed E-state index contributed by atoms with van der Waals surface area (Å²) in [6, 6.07) is 0. The van der Waals surface area contributed by atoms with Crippen LogP contribution in [0.1, 0.15) is 168 Å². The van der Waals surface area contributed by atoms with Crippen LogP contribution in [0.2, 0.25) is 0 Å². The highest BCUT2D eigenvalue weighted by molar-refractivity contribution is 5.91. The monoisotopic (exact) mass is 560 g/mol. The van der Waals surface area contributed by atoms with Gasteiger partial charge in [0.25, 0.3) is 0 Å². The first-order valence-electron chi connectivity index (χ1n) is 17.2. The average molecular weight is 561 g/mol. The maximum atomic E-state index is 11.4. The Morgan fingerprint density at radius 1 is 0.500 bits per heavy atom. The van der Waals surface area contributed by atoms with Gasteiger partial charge in [-0.3, -0.25) is 9.59 Å². The van der Waals surface area contributed by atoms with Crippen LogP contribution in [-0.2, 0) is 9.59 Å². The fourth-order valence-electron chi connectivity index (χ4n) is 5.92. The summed E-state index contributed by atoms with van der Waals surface area (Å²) in [4.78, 5) is 22.8. The molecule has 232 valence electrons. The number of rotatable bonds is 22. The summed E-state index contributed by atoms with van der Waals surface area (Å²) in [5.74, 6) is 1.92. The quantitative estimate of drug-likeness (QED) is 0.129. The first-order chi connectivity index (χ1) is 19.5. The Balaban J connectivity index is 0.000000400. The van der Waals surface area contributed by atoms with Gasteiger partial charge in [0.2, 0.25) is 0 Å². The van der Waals surface area contributed by atoms with E-state index in [9.17, 15) is 9.59 Å². The van der Waals surface area contributed by atoms with Crippen molar-refractivity contribution in [1.82, 2.24) is 0 Å². The number of aliphatic hydroxyl groups excluding tert-OH is 2. The third kappa shape index (κ3) is 19.8. The molecule has 0 amide bonds. The lowest BCUT2D eigenvalue weighted by molar-refractivity contribution is -0.116. The number of carbonyl (C=O) groups excluding carboxylic acids is 2. The van der Waals surface area contributed by atoms with E-state index in [0.717, 1.165) is 51.4 Å². The van der Waals surface area contributed by atoms with Gasteiger partial charge in [-0.05, 0) is 75.4 Å². The molecular formula is C36H64O4. The lowest BCUT2D eigenvalue weighted by Crippen LogP contribution is -2.11. The van der Waals surface area contributed by atoms with Crippen molar-refractivity contribution in [2.24, 2.45) is 11.8 Å². The van der Waals surface area contributed by atoms with E-state index in [1.807, 2.05) is 12.2 Å². The van der Waals surface area contributed by atoms with E-state index >= 15 is 0 Å². The molecule has 0 saturated heterocycles. The van der Waals surface area contributed by atoms with Crippen molar-refractivity contribution in [3.63, 3.8) is 0 Å². The van der Waals surface area contributed by atoms with Crippen LogP contribution in [-0.4, -0.2) is 35.0 Å². The van der Waals surface area contributed by atoms with E-state index in [2.05, 4.69) is 13.8 Å². The van der Waals surface area contributed by atoms with Crippen LogP contribution in [0, 0.1) is 11.8 Å². The number of hydrogen-bond donors (Lipinski definition) is 2. The van der Waals surface area contributed by atoms with Crippen molar-refractivity contribution in [2.45, 2.75) is 168 Å². The zero-order chi connectivity index (χ0) is 29.3. The maximum Gasteiger partial charge on any atom is 0.155 e. The second-order valence-corrected chi connectivity index (χ2v) is 12.6. The standard InChI is InChI=1S/2C18H32O2/c2*1-16-12-13-18(20)15-17(16)11-9-7-5-3-2-4-6-8-10-14-19/h2*15-16,19H,2-14H2,1H3. The molecule has 0 saturated carbocycles. The van der Waals surface area contributed by atoms with Crippen molar-refractivity contribution in [3.05, 3.63) is 23.3 Å². The van der Waals surface area contributed by atoms with Crippen LogP contribution in [0.15, 0.2) is 23.3 Å². The summed E-state index contributed by atoms with van der Waals surface area (Å²) in [6.07, 6.45) is 32.2. The lowest BCUT2D eigenvalue weighted by atomic mass is 9.85. The number of carbonyl (C=O) groups is 2. The Hall–Kier alpha value is -1.26. The number of hydrogen-bond acceptors (Lipinski definition) is 4. The molecule has 0 aliphatic heterocycles. The smallest absolute Gasteiger partial charge is 0.155 e. The van der Waals surface area contributed by atoms with Gasteiger partial charge in [0.05, 0.1) is 0 Å². The molecule has 0 spiro atoms. The minimum absolute atomic E-state index is 0.334. The van der Waals surface area contributed by atoms with E-state index in [-0.39, 0.29) is 0 Å². The van der Waals surface area contributed by atoms with Gasteiger partial charge in [0.1, 0.15) is 0 Å². The highest BCUT2D eigenvalue weighted by Crippen LogP contribution is 2.28. The Labute approximate surface area is 247 Å². The van der Waals surface area contributed by atoms with E-state index < -0.39 is 0 Å². The summed E-state index contributed by atoms with van der Waals surface area (Å²) in [6.45, 7) is 5.20. The van der Waals surface area contributed by atoms with Gasteiger partial charge in [-0.25, -0.2) is 0 Å². The molecule has 4 nitrogen and oxygen atoms in total. The Bertz CT molecular complexity index is 648. The lowest BCUT2D eigenvalue weighted by Gasteiger charge is -2.19. The van der Waals surface area contributed by atoms with Crippen LogP contribution in [0.25, 0.3) is 0 Å². The van der Waals surface area contributed by atoms with Gasteiger partial charge in [0.15, 0.2) is 11.6 Å².